The SMILES string of the molecule is Cc1ccc(COC(=O)CCc2nc3ccccc3c(=O)n2C2CC2)cc1. The Balaban J connectivity index is 1.46. The van der Waals surface area contributed by atoms with Crippen LogP contribution >= 0.6 is 0 Å². The van der Waals surface area contributed by atoms with Crippen molar-refractivity contribution in [3.8, 4) is 0 Å². The lowest BCUT2D eigenvalue weighted by Crippen LogP contribution is -2.25. The second-order valence-electron chi connectivity index (χ2n) is 7.10. The van der Waals surface area contributed by atoms with Crippen LogP contribution in [-0.2, 0) is 22.6 Å². The summed E-state index contributed by atoms with van der Waals surface area (Å²) in [5, 5.41) is 0.634. The highest BCUT2D eigenvalue weighted by atomic mass is 16.5. The molecule has 1 heterocycles. The Morgan fingerprint density at radius 3 is 2.63 bits per heavy atom. The number of fused-ring (bicyclic) bond motifs is 1. The third-order valence-corrected chi connectivity index (χ3v) is 4.87. The third-order valence-electron chi connectivity index (χ3n) is 4.87. The van der Waals surface area contributed by atoms with Crippen molar-refractivity contribution in [3.05, 3.63) is 75.8 Å². The molecule has 5 nitrogen and oxygen atoms in total. The van der Waals surface area contributed by atoms with Crippen LogP contribution in [0.5, 0.6) is 0 Å². The fourth-order valence-electron chi connectivity index (χ4n) is 3.21. The van der Waals surface area contributed by atoms with Crippen molar-refractivity contribution in [2.24, 2.45) is 0 Å². The van der Waals surface area contributed by atoms with Gasteiger partial charge >= 0.3 is 5.97 Å². The van der Waals surface area contributed by atoms with Crippen molar-refractivity contribution < 1.29 is 9.53 Å². The van der Waals surface area contributed by atoms with E-state index in [1.165, 1.54) is 5.56 Å². The Hall–Kier alpha value is -2.95. The van der Waals surface area contributed by atoms with Gasteiger partial charge in [0.1, 0.15) is 12.4 Å². The van der Waals surface area contributed by atoms with E-state index in [-0.39, 0.29) is 30.6 Å². The maximum absolute atomic E-state index is 12.8. The van der Waals surface area contributed by atoms with Gasteiger partial charge < -0.3 is 4.74 Å². The van der Waals surface area contributed by atoms with Gasteiger partial charge in [0.25, 0.3) is 5.56 Å². The molecule has 1 fully saturated rings. The number of carbonyl (C=O) groups excluding carboxylic acids is 1. The normalized spacial score (nSPS) is 13.7. The van der Waals surface area contributed by atoms with Crippen LogP contribution < -0.4 is 5.56 Å². The molecule has 1 aromatic heterocycles. The first kappa shape index (κ1) is 17.5. The van der Waals surface area contributed by atoms with Crippen LogP contribution in [0.1, 0.15) is 42.3 Å². The Labute approximate surface area is 157 Å². The lowest BCUT2D eigenvalue weighted by Gasteiger charge is -2.12. The third kappa shape index (κ3) is 3.92. The largest absolute Gasteiger partial charge is 0.461 e. The van der Waals surface area contributed by atoms with E-state index in [9.17, 15) is 9.59 Å². The fourth-order valence-corrected chi connectivity index (χ4v) is 3.21. The molecule has 0 atom stereocenters. The minimum Gasteiger partial charge on any atom is -0.461 e. The second-order valence-corrected chi connectivity index (χ2v) is 7.10. The summed E-state index contributed by atoms with van der Waals surface area (Å²) in [6.45, 7) is 2.28. The molecule has 27 heavy (non-hydrogen) atoms. The number of aromatic nitrogens is 2. The summed E-state index contributed by atoms with van der Waals surface area (Å²) in [4.78, 5) is 29.6. The lowest BCUT2D eigenvalue weighted by atomic mass is 10.2. The van der Waals surface area contributed by atoms with Crippen LogP contribution in [0.4, 0.5) is 0 Å². The predicted molar refractivity (Wildman–Crippen MR) is 104 cm³/mol. The van der Waals surface area contributed by atoms with Gasteiger partial charge in [-0.2, -0.15) is 0 Å². The molecule has 0 saturated heterocycles. The van der Waals surface area contributed by atoms with Crippen LogP contribution in [-0.4, -0.2) is 15.5 Å². The molecule has 0 bridgehead atoms. The van der Waals surface area contributed by atoms with Crippen molar-refractivity contribution in [2.75, 3.05) is 0 Å². The molecule has 0 N–H and O–H groups in total. The molecule has 0 aliphatic heterocycles. The fraction of sp³-hybridized carbons (Fsp3) is 0.318. The summed E-state index contributed by atoms with van der Waals surface area (Å²) in [5.74, 6) is 0.397. The molecule has 0 radical (unpaired) electrons. The first-order valence-corrected chi connectivity index (χ1v) is 9.33. The standard InChI is InChI=1S/C22H22N2O3/c1-15-6-8-16(9-7-15)14-27-21(25)13-12-20-23-19-5-3-2-4-18(19)22(26)24(20)17-10-11-17/h2-9,17H,10-14H2,1H3. The minimum absolute atomic E-state index is 0.00822. The number of carbonyl (C=O) groups is 1. The Morgan fingerprint density at radius 2 is 1.89 bits per heavy atom. The number of para-hydroxylation sites is 1. The average Bonchev–Trinajstić information content (AvgIpc) is 3.51. The number of hydrogen-bond acceptors (Lipinski definition) is 4. The first-order valence-electron chi connectivity index (χ1n) is 9.33. The van der Waals surface area contributed by atoms with Crippen molar-refractivity contribution in [3.63, 3.8) is 0 Å². The summed E-state index contributed by atoms with van der Waals surface area (Å²) in [5.41, 5.74) is 2.81. The Morgan fingerprint density at radius 1 is 1.15 bits per heavy atom. The smallest absolute Gasteiger partial charge is 0.306 e. The van der Waals surface area contributed by atoms with Crippen LogP contribution in [0.2, 0.25) is 0 Å². The molecule has 0 amide bonds. The van der Waals surface area contributed by atoms with Crippen molar-refractivity contribution >= 4 is 16.9 Å². The average molecular weight is 362 g/mol. The quantitative estimate of drug-likeness (QED) is 0.627. The maximum Gasteiger partial charge on any atom is 0.306 e. The van der Waals surface area contributed by atoms with Gasteiger partial charge in [-0.3, -0.25) is 14.2 Å². The van der Waals surface area contributed by atoms with E-state index in [0.29, 0.717) is 23.1 Å². The van der Waals surface area contributed by atoms with Gasteiger partial charge in [-0.1, -0.05) is 42.0 Å². The number of esters is 1. The maximum atomic E-state index is 12.8. The first-order chi connectivity index (χ1) is 13.1. The number of ether oxygens (including phenoxy) is 1. The highest BCUT2D eigenvalue weighted by Gasteiger charge is 2.28. The van der Waals surface area contributed by atoms with Crippen molar-refractivity contribution in [2.45, 2.75) is 45.3 Å². The van der Waals surface area contributed by atoms with Crippen molar-refractivity contribution in [1.82, 2.24) is 9.55 Å². The van der Waals surface area contributed by atoms with Gasteiger partial charge in [0.15, 0.2) is 0 Å². The molecule has 4 rings (SSSR count). The number of aryl methyl sites for hydroxylation is 2. The predicted octanol–water partition coefficient (Wildman–Crippen LogP) is 3.72. The number of hydrogen-bond donors (Lipinski definition) is 0. The van der Waals surface area contributed by atoms with Gasteiger partial charge in [-0.05, 0) is 37.5 Å². The zero-order valence-corrected chi connectivity index (χ0v) is 15.4. The van der Waals surface area contributed by atoms with Gasteiger partial charge in [0, 0.05) is 12.5 Å². The van der Waals surface area contributed by atoms with E-state index >= 15 is 0 Å². The van der Waals surface area contributed by atoms with Crippen LogP contribution in [0.3, 0.4) is 0 Å². The van der Waals surface area contributed by atoms with Crippen LogP contribution in [0.15, 0.2) is 53.3 Å². The molecule has 0 spiro atoms. The number of nitrogens with zero attached hydrogens (tertiary/aromatic N) is 2. The van der Waals surface area contributed by atoms with E-state index in [4.69, 9.17) is 4.74 Å². The van der Waals surface area contributed by atoms with Gasteiger partial charge in [-0.25, -0.2) is 4.98 Å². The Kier molecular flexibility index (Phi) is 4.75. The molecule has 3 aromatic rings. The highest BCUT2D eigenvalue weighted by molar-refractivity contribution is 5.77. The van der Waals surface area contributed by atoms with Gasteiger partial charge in [-0.15, -0.1) is 0 Å². The van der Waals surface area contributed by atoms with E-state index in [1.807, 2.05) is 55.5 Å². The van der Waals surface area contributed by atoms with E-state index < -0.39 is 0 Å². The molecular weight excluding hydrogens is 340 g/mol. The van der Waals surface area contributed by atoms with Crippen LogP contribution in [0, 0.1) is 6.92 Å². The second kappa shape index (κ2) is 7.35. The van der Waals surface area contributed by atoms with Gasteiger partial charge in [0.05, 0.1) is 17.3 Å². The molecule has 1 aliphatic carbocycles. The number of benzene rings is 2. The molecule has 138 valence electrons. The van der Waals surface area contributed by atoms with Crippen LogP contribution in [0.25, 0.3) is 10.9 Å². The Bertz CT molecular complexity index is 1030. The molecule has 0 unspecified atom stereocenters. The molecule has 1 aliphatic rings. The van der Waals surface area contributed by atoms with E-state index in [2.05, 4.69) is 4.98 Å². The molecule has 5 heteroatoms. The monoisotopic (exact) mass is 362 g/mol. The zero-order chi connectivity index (χ0) is 18.8. The van der Waals surface area contributed by atoms with E-state index in [1.54, 1.807) is 4.57 Å². The summed E-state index contributed by atoms with van der Waals surface area (Å²) in [7, 11) is 0. The minimum atomic E-state index is -0.277. The topological polar surface area (TPSA) is 61.2 Å². The van der Waals surface area contributed by atoms with Gasteiger partial charge in [0.2, 0.25) is 0 Å². The summed E-state index contributed by atoms with van der Waals surface area (Å²) >= 11 is 0. The molecular formula is C22H22N2O3. The van der Waals surface area contributed by atoms with Crippen molar-refractivity contribution in [1.29, 1.82) is 0 Å². The molecule has 2 aromatic carbocycles. The summed E-state index contributed by atoms with van der Waals surface area (Å²) in [6, 6.07) is 15.5. The summed E-state index contributed by atoms with van der Waals surface area (Å²) < 4.78 is 7.14. The zero-order valence-electron chi connectivity index (χ0n) is 15.4. The highest BCUT2D eigenvalue weighted by Crippen LogP contribution is 2.34. The summed E-state index contributed by atoms with van der Waals surface area (Å²) in [6.07, 6.45) is 2.60. The van der Waals surface area contributed by atoms with E-state index in [0.717, 1.165) is 18.4 Å². The molecule has 1 saturated carbocycles. The number of rotatable bonds is 6. The lowest BCUT2D eigenvalue weighted by molar-refractivity contribution is -0.144.